The molecule has 0 amide bonds. The van der Waals surface area contributed by atoms with Gasteiger partial charge in [-0.25, -0.2) is 4.98 Å². The molecule has 1 aliphatic heterocycles. The van der Waals surface area contributed by atoms with Gasteiger partial charge >= 0.3 is 0 Å². The molecule has 1 aromatic heterocycles. The zero-order valence-electron chi connectivity index (χ0n) is 16.2. The summed E-state index contributed by atoms with van der Waals surface area (Å²) in [5.74, 6) is 0. The molecule has 136 valence electrons. The number of anilines is 1. The highest BCUT2D eigenvalue weighted by Gasteiger charge is 2.32. The summed E-state index contributed by atoms with van der Waals surface area (Å²) in [6, 6.07) is 10.7. The molecule has 26 heavy (non-hydrogen) atoms. The Hall–Kier alpha value is -2.38. The lowest BCUT2D eigenvalue weighted by atomic mass is 9.75. The van der Waals surface area contributed by atoms with E-state index in [9.17, 15) is 0 Å². The first-order valence-electron chi connectivity index (χ1n) is 9.38. The molecule has 1 aromatic carbocycles. The number of pyridine rings is 1. The summed E-state index contributed by atoms with van der Waals surface area (Å²) in [4.78, 5) is 6.50. The van der Waals surface area contributed by atoms with E-state index in [4.69, 9.17) is 11.0 Å². The molecular formula is C22H28N4. The van der Waals surface area contributed by atoms with Gasteiger partial charge < -0.3 is 10.6 Å². The second kappa shape index (κ2) is 7.09. The van der Waals surface area contributed by atoms with E-state index in [1.807, 2.05) is 12.1 Å². The van der Waals surface area contributed by atoms with Crippen molar-refractivity contribution < 1.29 is 0 Å². The molecule has 4 nitrogen and oxygen atoms in total. The lowest BCUT2D eigenvalue weighted by molar-refractivity contribution is 0.451. The molecule has 0 saturated heterocycles. The zero-order chi connectivity index (χ0) is 18.9. The molecule has 0 spiro atoms. The predicted octanol–water partition coefficient (Wildman–Crippen LogP) is 4.22. The fourth-order valence-corrected chi connectivity index (χ4v) is 3.87. The quantitative estimate of drug-likeness (QED) is 0.898. The molecule has 0 aliphatic carbocycles. The number of fused-ring (bicyclic) bond motifs is 1. The van der Waals surface area contributed by atoms with Gasteiger partial charge in [0.1, 0.15) is 11.8 Å². The van der Waals surface area contributed by atoms with Crippen LogP contribution in [0.15, 0.2) is 30.5 Å². The van der Waals surface area contributed by atoms with E-state index in [0.29, 0.717) is 5.69 Å². The normalized spacial score (nSPS) is 16.7. The van der Waals surface area contributed by atoms with Crippen molar-refractivity contribution in [2.75, 3.05) is 11.4 Å². The summed E-state index contributed by atoms with van der Waals surface area (Å²) in [5.41, 5.74) is 13.3. The summed E-state index contributed by atoms with van der Waals surface area (Å²) >= 11 is 0. The Bertz CT molecular complexity index is 846. The van der Waals surface area contributed by atoms with Gasteiger partial charge in [-0.2, -0.15) is 5.26 Å². The SMILES string of the molecule is CCc1cc2c(cc1[C@H](C)N)N(Cc1ccnc(C#N)c1)CCC2(C)C. The van der Waals surface area contributed by atoms with Crippen molar-refractivity contribution in [3.8, 4) is 6.07 Å². The van der Waals surface area contributed by atoms with E-state index in [-0.39, 0.29) is 11.5 Å². The molecule has 0 unspecified atom stereocenters. The summed E-state index contributed by atoms with van der Waals surface area (Å²) < 4.78 is 0. The molecule has 0 radical (unpaired) electrons. The van der Waals surface area contributed by atoms with Crippen molar-refractivity contribution in [3.05, 3.63) is 58.4 Å². The number of benzene rings is 1. The third-order valence-electron chi connectivity index (χ3n) is 5.52. The van der Waals surface area contributed by atoms with Gasteiger partial charge in [0, 0.05) is 31.0 Å². The Labute approximate surface area is 156 Å². The van der Waals surface area contributed by atoms with Crippen molar-refractivity contribution in [2.24, 2.45) is 5.73 Å². The van der Waals surface area contributed by atoms with Crippen LogP contribution in [0.1, 0.15) is 68.1 Å². The number of nitrogens with zero attached hydrogens (tertiary/aromatic N) is 3. The van der Waals surface area contributed by atoms with Gasteiger partial charge in [0.15, 0.2) is 0 Å². The first-order chi connectivity index (χ1) is 12.4. The first kappa shape index (κ1) is 18.4. The number of hydrogen-bond donors (Lipinski definition) is 1. The Morgan fingerprint density at radius 2 is 2.12 bits per heavy atom. The number of aryl methyl sites for hydroxylation is 1. The molecule has 4 heteroatoms. The third kappa shape index (κ3) is 3.45. The molecule has 2 aromatic rings. The van der Waals surface area contributed by atoms with Gasteiger partial charge in [-0.15, -0.1) is 0 Å². The second-order valence-electron chi connectivity index (χ2n) is 7.93. The lowest BCUT2D eigenvalue weighted by Gasteiger charge is -2.41. The standard InChI is InChI=1S/C22H28N4/c1-5-17-11-20-21(12-19(17)15(2)24)26(9-7-22(20,3)4)14-16-6-8-25-18(10-16)13-23/h6,8,10-12,15H,5,7,9,14,24H2,1-4H3/t15-/m0/s1. The largest absolute Gasteiger partial charge is 0.367 e. The molecule has 2 N–H and O–H groups in total. The van der Waals surface area contributed by atoms with E-state index in [0.717, 1.165) is 31.5 Å². The topological polar surface area (TPSA) is 65.9 Å². The maximum absolute atomic E-state index is 9.11. The summed E-state index contributed by atoms with van der Waals surface area (Å²) in [6.45, 7) is 10.7. The molecule has 1 aliphatic rings. The average Bonchev–Trinajstić information content (AvgIpc) is 2.63. The van der Waals surface area contributed by atoms with Gasteiger partial charge in [0.05, 0.1) is 0 Å². The van der Waals surface area contributed by atoms with Crippen LogP contribution in [0.4, 0.5) is 5.69 Å². The van der Waals surface area contributed by atoms with E-state index in [1.165, 1.54) is 22.4 Å². The number of hydrogen-bond acceptors (Lipinski definition) is 4. The summed E-state index contributed by atoms with van der Waals surface area (Å²) in [7, 11) is 0. The minimum atomic E-state index is 0.0215. The Balaban J connectivity index is 2.05. The molecule has 3 rings (SSSR count). The van der Waals surface area contributed by atoms with E-state index >= 15 is 0 Å². The highest BCUT2D eigenvalue weighted by atomic mass is 15.1. The van der Waals surface area contributed by atoms with E-state index < -0.39 is 0 Å². The molecule has 0 saturated carbocycles. The van der Waals surface area contributed by atoms with Crippen molar-refractivity contribution in [1.82, 2.24) is 4.98 Å². The summed E-state index contributed by atoms with van der Waals surface area (Å²) in [6.07, 6.45) is 3.82. The second-order valence-corrected chi connectivity index (χ2v) is 7.93. The number of rotatable bonds is 4. The minimum absolute atomic E-state index is 0.0215. The van der Waals surface area contributed by atoms with Gasteiger partial charge in [0.2, 0.25) is 0 Å². The monoisotopic (exact) mass is 348 g/mol. The Morgan fingerprint density at radius 3 is 2.77 bits per heavy atom. The third-order valence-corrected chi connectivity index (χ3v) is 5.52. The van der Waals surface area contributed by atoms with Crippen molar-refractivity contribution in [3.63, 3.8) is 0 Å². The minimum Gasteiger partial charge on any atom is -0.367 e. The number of aromatic nitrogens is 1. The number of nitrogens with two attached hydrogens (primary N) is 1. The van der Waals surface area contributed by atoms with Gasteiger partial charge in [-0.05, 0) is 65.6 Å². The van der Waals surface area contributed by atoms with Crippen LogP contribution in [0.25, 0.3) is 0 Å². The van der Waals surface area contributed by atoms with Crippen LogP contribution in [0.2, 0.25) is 0 Å². The Kier molecular flexibility index (Phi) is 5.02. The highest BCUT2D eigenvalue weighted by Crippen LogP contribution is 2.42. The van der Waals surface area contributed by atoms with Gasteiger partial charge in [-0.1, -0.05) is 26.8 Å². The maximum Gasteiger partial charge on any atom is 0.140 e. The van der Waals surface area contributed by atoms with Crippen LogP contribution in [0, 0.1) is 11.3 Å². The molecular weight excluding hydrogens is 320 g/mol. The molecule has 1 atom stereocenters. The van der Waals surface area contributed by atoms with E-state index in [1.54, 1.807) is 6.20 Å². The molecule has 0 fully saturated rings. The first-order valence-corrected chi connectivity index (χ1v) is 9.38. The summed E-state index contributed by atoms with van der Waals surface area (Å²) in [5, 5.41) is 9.11. The zero-order valence-corrected chi connectivity index (χ0v) is 16.2. The van der Waals surface area contributed by atoms with Crippen molar-refractivity contribution in [2.45, 2.75) is 58.5 Å². The fraction of sp³-hybridized carbons (Fsp3) is 0.455. The lowest BCUT2D eigenvalue weighted by Crippen LogP contribution is -2.37. The molecule has 0 bridgehead atoms. The molecule has 2 heterocycles. The van der Waals surface area contributed by atoms with Crippen LogP contribution in [0.3, 0.4) is 0 Å². The predicted molar refractivity (Wildman–Crippen MR) is 106 cm³/mol. The Morgan fingerprint density at radius 1 is 1.35 bits per heavy atom. The van der Waals surface area contributed by atoms with Crippen LogP contribution < -0.4 is 10.6 Å². The maximum atomic E-state index is 9.11. The van der Waals surface area contributed by atoms with Crippen molar-refractivity contribution >= 4 is 5.69 Å². The van der Waals surface area contributed by atoms with Crippen molar-refractivity contribution in [1.29, 1.82) is 5.26 Å². The van der Waals surface area contributed by atoms with Crippen LogP contribution in [0.5, 0.6) is 0 Å². The van der Waals surface area contributed by atoms with Crippen LogP contribution >= 0.6 is 0 Å². The van der Waals surface area contributed by atoms with Crippen LogP contribution in [-0.4, -0.2) is 11.5 Å². The average molecular weight is 348 g/mol. The van der Waals surface area contributed by atoms with Gasteiger partial charge in [0.25, 0.3) is 0 Å². The smallest absolute Gasteiger partial charge is 0.140 e. The number of nitriles is 1. The van der Waals surface area contributed by atoms with Crippen LogP contribution in [-0.2, 0) is 18.4 Å². The van der Waals surface area contributed by atoms with Gasteiger partial charge in [-0.3, -0.25) is 0 Å². The highest BCUT2D eigenvalue weighted by molar-refractivity contribution is 5.63. The van der Waals surface area contributed by atoms with E-state index in [2.05, 4.69) is 55.8 Å². The fourth-order valence-electron chi connectivity index (χ4n) is 3.87.